The zero-order valence-corrected chi connectivity index (χ0v) is 12.1. The minimum Gasteiger partial charge on any atom is -0.271 e. The minimum atomic E-state index is -0.790. The molecule has 1 saturated carbocycles. The first-order valence-electron chi connectivity index (χ1n) is 6.57. The molecule has 0 amide bonds. The molecule has 0 aliphatic heterocycles. The van der Waals surface area contributed by atoms with Crippen molar-refractivity contribution in [3.8, 4) is 0 Å². The first-order valence-corrected chi connectivity index (χ1v) is 6.57. The summed E-state index contributed by atoms with van der Waals surface area (Å²) >= 11 is 0. The monoisotopic (exact) mass is 268 g/mol. The number of nitrogens with two attached hydrogens (primary N) is 1. The molecule has 0 aromatic heterocycles. The number of rotatable bonds is 3. The van der Waals surface area contributed by atoms with E-state index in [9.17, 15) is 8.78 Å². The van der Waals surface area contributed by atoms with E-state index in [0.29, 0.717) is 11.1 Å². The molecule has 1 unspecified atom stereocenters. The number of hydrogen-bond donors (Lipinski definition) is 2. The Morgan fingerprint density at radius 1 is 1.11 bits per heavy atom. The SMILES string of the molecule is Cc1ccc(C(NN)C2C(C)(C)C2(C)C)c(F)c1F. The summed E-state index contributed by atoms with van der Waals surface area (Å²) in [7, 11) is 0. The molecule has 19 heavy (non-hydrogen) atoms. The van der Waals surface area contributed by atoms with Crippen LogP contribution in [0.15, 0.2) is 12.1 Å². The van der Waals surface area contributed by atoms with Crippen LogP contribution < -0.4 is 11.3 Å². The van der Waals surface area contributed by atoms with Crippen molar-refractivity contribution in [3.05, 3.63) is 34.9 Å². The van der Waals surface area contributed by atoms with Gasteiger partial charge in [0.05, 0.1) is 6.04 Å². The Balaban J connectivity index is 2.43. The minimum absolute atomic E-state index is 0.0395. The second kappa shape index (κ2) is 4.25. The molecule has 0 bridgehead atoms. The third kappa shape index (κ3) is 1.89. The van der Waals surface area contributed by atoms with E-state index in [1.54, 1.807) is 19.1 Å². The normalized spacial score (nSPS) is 22.3. The van der Waals surface area contributed by atoms with Gasteiger partial charge < -0.3 is 0 Å². The molecule has 0 radical (unpaired) electrons. The van der Waals surface area contributed by atoms with Crippen molar-refractivity contribution in [1.29, 1.82) is 0 Å². The molecule has 1 aromatic carbocycles. The maximum atomic E-state index is 14.1. The van der Waals surface area contributed by atoms with Gasteiger partial charge in [-0.05, 0) is 29.2 Å². The van der Waals surface area contributed by atoms with E-state index in [1.165, 1.54) is 0 Å². The second-order valence-corrected chi connectivity index (χ2v) is 6.67. The van der Waals surface area contributed by atoms with Crippen LogP contribution >= 0.6 is 0 Å². The topological polar surface area (TPSA) is 38.0 Å². The fourth-order valence-corrected chi connectivity index (χ4v) is 3.35. The second-order valence-electron chi connectivity index (χ2n) is 6.67. The number of benzene rings is 1. The van der Waals surface area contributed by atoms with Crippen molar-refractivity contribution in [2.45, 2.75) is 40.7 Å². The van der Waals surface area contributed by atoms with Crippen molar-refractivity contribution >= 4 is 0 Å². The van der Waals surface area contributed by atoms with Crippen LogP contribution in [0.5, 0.6) is 0 Å². The van der Waals surface area contributed by atoms with E-state index < -0.39 is 11.6 Å². The largest absolute Gasteiger partial charge is 0.271 e. The zero-order chi connectivity index (χ0) is 14.6. The van der Waals surface area contributed by atoms with Crippen molar-refractivity contribution in [2.24, 2.45) is 22.6 Å². The Labute approximate surface area is 113 Å². The van der Waals surface area contributed by atoms with Crippen LogP contribution in [0.4, 0.5) is 8.78 Å². The van der Waals surface area contributed by atoms with Gasteiger partial charge in [-0.15, -0.1) is 0 Å². The molecule has 1 aliphatic rings. The molecule has 2 rings (SSSR count). The van der Waals surface area contributed by atoms with E-state index in [2.05, 4.69) is 33.1 Å². The van der Waals surface area contributed by atoms with Crippen LogP contribution in [0, 0.1) is 35.3 Å². The van der Waals surface area contributed by atoms with Crippen LogP contribution in [0.1, 0.15) is 44.9 Å². The van der Waals surface area contributed by atoms with E-state index >= 15 is 0 Å². The summed E-state index contributed by atoms with van der Waals surface area (Å²) < 4.78 is 27.8. The zero-order valence-electron chi connectivity index (χ0n) is 12.1. The molecule has 0 spiro atoms. The Bertz CT molecular complexity index is 495. The molecule has 1 aromatic rings. The lowest BCUT2D eigenvalue weighted by molar-refractivity contribution is 0.391. The maximum absolute atomic E-state index is 14.1. The standard InChI is InChI=1S/C15H22F2N2/c1-8-6-7-9(11(17)10(8)16)12(19-18)13-14(2,3)15(13,4)5/h6-7,12-13,19H,18H2,1-5H3. The molecule has 1 aliphatic carbocycles. The van der Waals surface area contributed by atoms with Gasteiger partial charge in [-0.2, -0.15) is 0 Å². The van der Waals surface area contributed by atoms with E-state index in [4.69, 9.17) is 5.84 Å². The summed E-state index contributed by atoms with van der Waals surface area (Å²) in [5, 5.41) is 0. The molecule has 0 saturated heterocycles. The molecule has 3 N–H and O–H groups in total. The lowest BCUT2D eigenvalue weighted by Gasteiger charge is -2.20. The first-order chi connectivity index (χ1) is 8.66. The van der Waals surface area contributed by atoms with Crippen LogP contribution in [-0.2, 0) is 0 Å². The summed E-state index contributed by atoms with van der Waals surface area (Å²) in [5.74, 6) is 4.20. The summed E-state index contributed by atoms with van der Waals surface area (Å²) in [6.07, 6.45) is 0. The molecule has 106 valence electrons. The summed E-state index contributed by atoms with van der Waals surface area (Å²) in [4.78, 5) is 0. The quantitative estimate of drug-likeness (QED) is 0.651. The average molecular weight is 268 g/mol. The number of aryl methyl sites for hydroxylation is 1. The van der Waals surface area contributed by atoms with Gasteiger partial charge in [-0.1, -0.05) is 39.8 Å². The predicted molar refractivity (Wildman–Crippen MR) is 72.2 cm³/mol. The van der Waals surface area contributed by atoms with E-state index in [0.717, 1.165) is 0 Å². The number of halogens is 2. The van der Waals surface area contributed by atoms with E-state index in [1.807, 2.05) is 0 Å². The highest BCUT2D eigenvalue weighted by Crippen LogP contribution is 2.72. The fourth-order valence-electron chi connectivity index (χ4n) is 3.35. The van der Waals surface area contributed by atoms with Crippen LogP contribution in [0.3, 0.4) is 0 Å². The van der Waals surface area contributed by atoms with Crippen molar-refractivity contribution in [3.63, 3.8) is 0 Å². The van der Waals surface area contributed by atoms with Crippen molar-refractivity contribution in [2.75, 3.05) is 0 Å². The molecule has 4 heteroatoms. The Morgan fingerprint density at radius 3 is 2.05 bits per heavy atom. The Morgan fingerprint density at radius 2 is 1.63 bits per heavy atom. The molecule has 1 fully saturated rings. The summed E-state index contributed by atoms with van der Waals surface area (Å²) in [6.45, 7) is 10.1. The van der Waals surface area contributed by atoms with E-state index in [-0.39, 0.29) is 22.8 Å². The predicted octanol–water partition coefficient (Wildman–Crippen LogP) is 3.46. The van der Waals surface area contributed by atoms with Gasteiger partial charge in [0.15, 0.2) is 11.6 Å². The third-order valence-electron chi connectivity index (χ3n) is 5.29. The van der Waals surface area contributed by atoms with Gasteiger partial charge in [0.2, 0.25) is 0 Å². The van der Waals surface area contributed by atoms with Crippen molar-refractivity contribution < 1.29 is 8.78 Å². The smallest absolute Gasteiger partial charge is 0.163 e. The van der Waals surface area contributed by atoms with Gasteiger partial charge in [-0.25, -0.2) is 8.78 Å². The Kier molecular flexibility index (Phi) is 3.22. The van der Waals surface area contributed by atoms with Gasteiger partial charge in [0.1, 0.15) is 0 Å². The lowest BCUT2D eigenvalue weighted by Crippen LogP contribution is -2.32. The molecule has 1 atom stereocenters. The molecule has 0 heterocycles. The average Bonchev–Trinajstić information content (AvgIpc) is 2.72. The van der Waals surface area contributed by atoms with Gasteiger partial charge >= 0.3 is 0 Å². The lowest BCUT2D eigenvalue weighted by atomic mass is 9.95. The highest BCUT2D eigenvalue weighted by Gasteiger charge is 2.67. The highest BCUT2D eigenvalue weighted by atomic mass is 19.2. The number of hydrazine groups is 1. The summed E-state index contributed by atoms with van der Waals surface area (Å²) in [5.41, 5.74) is 3.38. The van der Waals surface area contributed by atoms with Crippen molar-refractivity contribution in [1.82, 2.24) is 5.43 Å². The molecular weight excluding hydrogens is 246 g/mol. The fraction of sp³-hybridized carbons (Fsp3) is 0.600. The maximum Gasteiger partial charge on any atom is 0.163 e. The van der Waals surface area contributed by atoms with Gasteiger partial charge in [0.25, 0.3) is 0 Å². The number of nitrogens with one attached hydrogen (secondary N) is 1. The molecule has 2 nitrogen and oxygen atoms in total. The van der Waals surface area contributed by atoms with Crippen LogP contribution in [0.2, 0.25) is 0 Å². The number of hydrogen-bond acceptors (Lipinski definition) is 2. The third-order valence-corrected chi connectivity index (χ3v) is 5.29. The van der Waals surface area contributed by atoms with Gasteiger partial charge in [0, 0.05) is 5.56 Å². The highest BCUT2D eigenvalue weighted by molar-refractivity contribution is 5.32. The molecular formula is C15H22F2N2. The summed E-state index contributed by atoms with van der Waals surface area (Å²) in [6, 6.07) is 2.85. The van der Waals surface area contributed by atoms with Crippen LogP contribution in [0.25, 0.3) is 0 Å². The van der Waals surface area contributed by atoms with Crippen LogP contribution in [-0.4, -0.2) is 0 Å². The van der Waals surface area contributed by atoms with Gasteiger partial charge in [-0.3, -0.25) is 11.3 Å². The first kappa shape index (κ1) is 14.4. The Hall–Kier alpha value is -1.00.